The topological polar surface area (TPSA) is 101 Å². The molecular weight excluding hydrogens is 330 g/mol. The molecule has 2 aromatic rings. The van der Waals surface area contributed by atoms with Crippen LogP contribution in [0.3, 0.4) is 0 Å². The van der Waals surface area contributed by atoms with Gasteiger partial charge in [-0.05, 0) is 43.4 Å². The second-order valence-corrected chi connectivity index (χ2v) is 5.72. The average Bonchev–Trinajstić information content (AvgIpc) is 2.88. The van der Waals surface area contributed by atoms with Crippen molar-refractivity contribution in [2.45, 2.75) is 25.8 Å². The van der Waals surface area contributed by atoms with Crippen LogP contribution in [0.2, 0.25) is 0 Å². The number of imide groups is 1. The molecule has 2 heterocycles. The smallest absolute Gasteiger partial charge is 0.321 e. The minimum atomic E-state index is -0.488. The Balaban J connectivity index is 1.84. The molecule has 0 bridgehead atoms. The fraction of sp³-hybridized carbons (Fsp3) is 0.333. The number of H-pyrrole nitrogens is 1. The maximum atomic E-state index is 11.5. The average molecular weight is 347 g/mol. The van der Waals surface area contributed by atoms with Crippen molar-refractivity contribution >= 4 is 24.2 Å². The zero-order valence-electron chi connectivity index (χ0n) is 13.0. The molecule has 3 N–H and O–H groups in total. The number of nitrogens with zero attached hydrogens (tertiary/aromatic N) is 2. The summed E-state index contributed by atoms with van der Waals surface area (Å²) < 4.78 is 7.66. The predicted octanol–water partition coefficient (Wildman–Crippen LogP) is 1.47. The molecule has 126 valence electrons. The van der Waals surface area contributed by atoms with E-state index in [1.807, 2.05) is 31.2 Å². The van der Waals surface area contributed by atoms with E-state index in [1.54, 1.807) is 4.57 Å². The fourth-order valence-electron chi connectivity index (χ4n) is 2.61. The molecule has 1 aromatic carbocycles. The molecule has 3 rings (SSSR count). The number of aromatic nitrogens is 3. The Hall–Kier alpha value is -2.68. The summed E-state index contributed by atoms with van der Waals surface area (Å²) in [6.45, 7) is 2.52. The molecule has 1 aromatic heterocycles. The van der Waals surface area contributed by atoms with Crippen molar-refractivity contribution in [2.75, 3.05) is 6.61 Å². The highest BCUT2D eigenvalue weighted by molar-refractivity contribution is 7.71. The summed E-state index contributed by atoms with van der Waals surface area (Å²) in [6.07, 6.45) is 0.591. The minimum absolute atomic E-state index is 0.203. The normalized spacial score (nSPS) is 17.3. The number of rotatable bonds is 5. The Labute approximate surface area is 143 Å². The molecule has 24 heavy (non-hydrogen) atoms. The quantitative estimate of drug-likeness (QED) is 0.711. The first-order chi connectivity index (χ1) is 11.6. The number of benzene rings is 1. The van der Waals surface area contributed by atoms with Gasteiger partial charge in [0.15, 0.2) is 4.77 Å². The van der Waals surface area contributed by atoms with Gasteiger partial charge in [-0.15, -0.1) is 0 Å². The Kier molecular flexibility index (Phi) is 4.61. The van der Waals surface area contributed by atoms with Gasteiger partial charge in [-0.25, -0.2) is 4.79 Å². The maximum Gasteiger partial charge on any atom is 0.321 e. The summed E-state index contributed by atoms with van der Waals surface area (Å²) in [7, 11) is 0. The van der Waals surface area contributed by atoms with Crippen molar-refractivity contribution in [1.82, 2.24) is 25.4 Å². The molecule has 3 amide bonds. The van der Waals surface area contributed by atoms with Gasteiger partial charge in [-0.3, -0.25) is 19.8 Å². The van der Waals surface area contributed by atoms with Crippen molar-refractivity contribution in [1.29, 1.82) is 0 Å². The molecule has 0 radical (unpaired) electrons. The third-order valence-electron chi connectivity index (χ3n) is 3.60. The number of urea groups is 1. The Bertz CT molecular complexity index is 795. The number of carbonyl (C=O) groups is 2. The number of hydrogen-bond donors (Lipinski definition) is 3. The zero-order valence-corrected chi connectivity index (χ0v) is 13.9. The molecule has 0 spiro atoms. The SMILES string of the molecule is CCOc1ccc(-n2c(CC3CC(=O)NC(=O)N3)n[nH]c2=S)cc1. The van der Waals surface area contributed by atoms with Crippen molar-refractivity contribution in [3.05, 3.63) is 34.9 Å². The summed E-state index contributed by atoms with van der Waals surface area (Å²) in [5, 5.41) is 11.9. The monoisotopic (exact) mass is 347 g/mol. The van der Waals surface area contributed by atoms with Gasteiger partial charge in [0.2, 0.25) is 5.91 Å². The largest absolute Gasteiger partial charge is 0.494 e. The van der Waals surface area contributed by atoms with E-state index in [0.29, 0.717) is 23.6 Å². The summed E-state index contributed by atoms with van der Waals surface area (Å²) in [5.74, 6) is 1.11. The van der Waals surface area contributed by atoms with Gasteiger partial charge in [0.05, 0.1) is 6.61 Å². The highest BCUT2D eigenvalue weighted by Crippen LogP contribution is 2.18. The second kappa shape index (κ2) is 6.83. The standard InChI is InChI=1S/C15H17N5O3S/c1-2-23-11-5-3-10(4-6-11)20-12(18-19-15(20)24)7-9-8-13(21)17-14(22)16-9/h3-6,9H,2,7-8H2,1H3,(H,19,24)(H2,16,17,21,22). The molecular formula is C15H17N5O3S. The van der Waals surface area contributed by atoms with Crippen LogP contribution in [-0.2, 0) is 11.2 Å². The molecule has 8 nitrogen and oxygen atoms in total. The van der Waals surface area contributed by atoms with Crippen LogP contribution in [0.15, 0.2) is 24.3 Å². The summed E-state index contributed by atoms with van der Waals surface area (Å²) >= 11 is 5.30. The van der Waals surface area contributed by atoms with E-state index in [9.17, 15) is 9.59 Å². The van der Waals surface area contributed by atoms with Gasteiger partial charge in [-0.2, -0.15) is 5.10 Å². The molecule has 9 heteroatoms. The van der Waals surface area contributed by atoms with Crippen molar-refractivity contribution in [2.24, 2.45) is 0 Å². The third-order valence-corrected chi connectivity index (χ3v) is 3.87. The molecule has 1 fully saturated rings. The summed E-state index contributed by atoms with van der Waals surface area (Å²) in [5.41, 5.74) is 0.832. The zero-order chi connectivity index (χ0) is 17.1. The van der Waals surface area contributed by atoms with Crippen LogP contribution >= 0.6 is 12.2 Å². The van der Waals surface area contributed by atoms with Crippen LogP contribution in [0.1, 0.15) is 19.2 Å². The minimum Gasteiger partial charge on any atom is -0.494 e. The van der Waals surface area contributed by atoms with Crippen LogP contribution < -0.4 is 15.4 Å². The van der Waals surface area contributed by atoms with Crippen LogP contribution in [0.25, 0.3) is 5.69 Å². The molecule has 1 atom stereocenters. The molecule has 0 saturated carbocycles. The molecule has 1 aliphatic heterocycles. The molecule has 0 aliphatic carbocycles. The number of nitrogens with one attached hydrogen (secondary N) is 3. The lowest BCUT2D eigenvalue weighted by Crippen LogP contribution is -2.53. The van der Waals surface area contributed by atoms with Gasteiger partial charge in [0.25, 0.3) is 0 Å². The lowest BCUT2D eigenvalue weighted by atomic mass is 10.1. The predicted molar refractivity (Wildman–Crippen MR) is 88.7 cm³/mol. The van der Waals surface area contributed by atoms with Gasteiger partial charge in [0, 0.05) is 24.6 Å². The van der Waals surface area contributed by atoms with Crippen LogP contribution in [-0.4, -0.2) is 39.4 Å². The van der Waals surface area contributed by atoms with E-state index in [-0.39, 0.29) is 18.4 Å². The molecule has 1 saturated heterocycles. The first-order valence-electron chi connectivity index (χ1n) is 7.56. The van der Waals surface area contributed by atoms with Crippen LogP contribution in [0, 0.1) is 4.77 Å². The van der Waals surface area contributed by atoms with E-state index in [1.165, 1.54) is 0 Å². The molecule has 1 aliphatic rings. The lowest BCUT2D eigenvalue weighted by Gasteiger charge is -2.22. The summed E-state index contributed by atoms with van der Waals surface area (Å²) in [6, 6.07) is 6.66. The number of amides is 3. The maximum absolute atomic E-state index is 11.5. The Morgan fingerprint density at radius 2 is 2.08 bits per heavy atom. The van der Waals surface area contributed by atoms with E-state index in [0.717, 1.165) is 11.4 Å². The van der Waals surface area contributed by atoms with Crippen molar-refractivity contribution < 1.29 is 14.3 Å². The highest BCUT2D eigenvalue weighted by atomic mass is 32.1. The highest BCUT2D eigenvalue weighted by Gasteiger charge is 2.25. The molecule has 1 unspecified atom stereocenters. The van der Waals surface area contributed by atoms with Crippen molar-refractivity contribution in [3.8, 4) is 11.4 Å². The number of hydrogen-bond acceptors (Lipinski definition) is 5. The van der Waals surface area contributed by atoms with Gasteiger partial charge >= 0.3 is 6.03 Å². The van der Waals surface area contributed by atoms with Gasteiger partial charge in [-0.1, -0.05) is 0 Å². The second-order valence-electron chi connectivity index (χ2n) is 5.33. The Morgan fingerprint density at radius 3 is 2.75 bits per heavy atom. The third kappa shape index (κ3) is 3.46. The van der Waals surface area contributed by atoms with E-state index >= 15 is 0 Å². The van der Waals surface area contributed by atoms with E-state index in [2.05, 4.69) is 20.8 Å². The summed E-state index contributed by atoms with van der Waals surface area (Å²) in [4.78, 5) is 22.9. The van der Waals surface area contributed by atoms with Crippen molar-refractivity contribution in [3.63, 3.8) is 0 Å². The lowest BCUT2D eigenvalue weighted by molar-refractivity contribution is -0.121. The number of ether oxygens (including phenoxy) is 1. The first kappa shape index (κ1) is 16.2. The first-order valence-corrected chi connectivity index (χ1v) is 7.97. The van der Waals surface area contributed by atoms with E-state index in [4.69, 9.17) is 17.0 Å². The Morgan fingerprint density at radius 1 is 1.33 bits per heavy atom. The number of aromatic amines is 1. The van der Waals surface area contributed by atoms with Gasteiger partial charge < -0.3 is 10.1 Å². The number of carbonyl (C=O) groups excluding carboxylic acids is 2. The van der Waals surface area contributed by atoms with Crippen LogP contribution in [0.4, 0.5) is 4.79 Å². The van der Waals surface area contributed by atoms with Crippen LogP contribution in [0.5, 0.6) is 5.75 Å². The van der Waals surface area contributed by atoms with Gasteiger partial charge in [0.1, 0.15) is 11.6 Å². The van der Waals surface area contributed by atoms with E-state index < -0.39 is 6.03 Å². The fourth-order valence-corrected chi connectivity index (χ4v) is 2.86.